The first-order valence-electron chi connectivity index (χ1n) is 15.2. The van der Waals surface area contributed by atoms with Gasteiger partial charge in [-0.3, -0.25) is 4.79 Å². The van der Waals surface area contributed by atoms with Gasteiger partial charge < -0.3 is 10.2 Å². The van der Waals surface area contributed by atoms with E-state index in [0.29, 0.717) is 41.9 Å². The minimum Gasteiger partial charge on any atom is -0.478 e. The molecule has 1 aromatic carbocycles. The molecule has 0 spiro atoms. The Hall–Kier alpha value is -1.94. The van der Waals surface area contributed by atoms with Crippen molar-refractivity contribution in [3.63, 3.8) is 0 Å². The minimum atomic E-state index is -0.922. The van der Waals surface area contributed by atoms with E-state index in [1.54, 1.807) is 12.1 Å². The fraction of sp³-hybridized carbons (Fsp3) is 0.706. The van der Waals surface area contributed by atoms with Gasteiger partial charge in [-0.05, 0) is 109 Å². The van der Waals surface area contributed by atoms with E-state index in [2.05, 4.69) is 34.6 Å². The predicted octanol–water partition coefficient (Wildman–Crippen LogP) is 7.66. The molecule has 9 atom stereocenters. The van der Waals surface area contributed by atoms with Crippen LogP contribution in [0.3, 0.4) is 0 Å². The lowest BCUT2D eigenvalue weighted by Crippen LogP contribution is -2.55. The third-order valence-electron chi connectivity index (χ3n) is 11.8. The summed E-state index contributed by atoms with van der Waals surface area (Å²) < 4.78 is 0. The average molecular weight is 521 g/mol. The fourth-order valence-corrected chi connectivity index (χ4v) is 9.88. The number of aliphatic hydroxyl groups excluding tert-OH is 1. The van der Waals surface area contributed by atoms with Crippen LogP contribution in [-0.2, 0) is 4.79 Å². The van der Waals surface area contributed by atoms with Crippen molar-refractivity contribution < 1.29 is 19.8 Å². The van der Waals surface area contributed by atoms with Crippen LogP contribution in [0, 0.1) is 46.3 Å². The van der Waals surface area contributed by atoms with Crippen molar-refractivity contribution in [3.05, 3.63) is 47.0 Å². The Labute approximate surface area is 229 Å². The molecule has 208 valence electrons. The highest BCUT2D eigenvalue weighted by atomic mass is 16.4. The summed E-state index contributed by atoms with van der Waals surface area (Å²) in [5.41, 5.74) is 2.34. The molecule has 1 aromatic rings. The first kappa shape index (κ1) is 27.6. The maximum Gasteiger partial charge on any atom is 0.335 e. The van der Waals surface area contributed by atoms with Crippen molar-refractivity contribution in [2.75, 3.05) is 0 Å². The van der Waals surface area contributed by atoms with Crippen molar-refractivity contribution >= 4 is 11.8 Å². The molecule has 0 radical (unpaired) electrons. The number of benzene rings is 1. The van der Waals surface area contributed by atoms with Crippen LogP contribution in [0.4, 0.5) is 0 Å². The van der Waals surface area contributed by atoms with Crippen molar-refractivity contribution in [3.8, 4) is 0 Å². The SMILES string of the molecule is CC(C)CCC[C@@H](C)[C@H]1CC[C@H]2[C@@H]3C(=O)C=C4C[C@@H](O)CC(c5cccc(C(=O)O)c5)[C@]4(C)[C@H]3CC[C@]12C. The predicted molar refractivity (Wildman–Crippen MR) is 151 cm³/mol. The summed E-state index contributed by atoms with van der Waals surface area (Å²) in [5.74, 6) is 2.20. The highest BCUT2D eigenvalue weighted by molar-refractivity contribution is 5.95. The summed E-state index contributed by atoms with van der Waals surface area (Å²) in [6.07, 6.45) is 11.0. The van der Waals surface area contributed by atoms with Crippen LogP contribution in [0.5, 0.6) is 0 Å². The standard InChI is InChI=1S/C34H48O4/c1-20(2)8-6-9-21(3)26-12-13-27-31-28(14-15-33(26,27)4)34(5)24(18-30(31)36)17-25(35)19-29(34)22-10-7-11-23(16-22)32(37)38/h7,10-11,16,18,20-21,25-29,31,35H,6,8-9,12-15,17,19H2,1-5H3,(H,37,38)/t21-,25-,26-,27+,28+,29?,31+,33-,34+/m1/s1. The number of ketones is 1. The van der Waals surface area contributed by atoms with E-state index < -0.39 is 12.1 Å². The molecule has 0 aromatic heterocycles. The molecule has 4 nitrogen and oxygen atoms in total. The Morgan fingerprint density at radius 2 is 1.84 bits per heavy atom. The first-order valence-corrected chi connectivity index (χ1v) is 15.2. The second-order valence-electron chi connectivity index (χ2n) is 14.2. The van der Waals surface area contributed by atoms with Gasteiger partial charge in [0.25, 0.3) is 0 Å². The van der Waals surface area contributed by atoms with Gasteiger partial charge in [-0.25, -0.2) is 4.79 Å². The smallest absolute Gasteiger partial charge is 0.335 e. The molecule has 5 rings (SSSR count). The largest absolute Gasteiger partial charge is 0.478 e. The Morgan fingerprint density at radius 3 is 2.55 bits per heavy atom. The Bertz CT molecular complexity index is 1100. The van der Waals surface area contributed by atoms with Crippen LogP contribution in [0.1, 0.15) is 114 Å². The number of fused-ring (bicyclic) bond motifs is 5. The average Bonchev–Trinajstić information content (AvgIpc) is 3.21. The number of aromatic carboxylic acids is 1. The van der Waals surface area contributed by atoms with Gasteiger partial charge in [0.1, 0.15) is 0 Å². The lowest BCUT2D eigenvalue weighted by atomic mass is 9.44. The lowest BCUT2D eigenvalue weighted by Gasteiger charge is -2.60. The molecular weight excluding hydrogens is 472 g/mol. The summed E-state index contributed by atoms with van der Waals surface area (Å²) in [6, 6.07) is 7.31. The van der Waals surface area contributed by atoms with Crippen molar-refractivity contribution in [2.45, 2.75) is 104 Å². The zero-order chi connectivity index (χ0) is 27.4. The van der Waals surface area contributed by atoms with Gasteiger partial charge in [0.2, 0.25) is 0 Å². The van der Waals surface area contributed by atoms with Gasteiger partial charge in [0, 0.05) is 5.92 Å². The zero-order valence-corrected chi connectivity index (χ0v) is 24.1. The normalized spacial score (nSPS) is 39.2. The summed E-state index contributed by atoms with van der Waals surface area (Å²) in [4.78, 5) is 25.7. The number of hydrogen-bond donors (Lipinski definition) is 2. The number of rotatable bonds is 7. The van der Waals surface area contributed by atoms with Crippen molar-refractivity contribution in [2.24, 2.45) is 46.3 Å². The van der Waals surface area contributed by atoms with E-state index in [1.807, 2.05) is 18.2 Å². The summed E-state index contributed by atoms with van der Waals surface area (Å²) in [5, 5.41) is 20.5. The molecule has 4 aliphatic rings. The topological polar surface area (TPSA) is 74.6 Å². The fourth-order valence-electron chi connectivity index (χ4n) is 9.88. The van der Waals surface area contributed by atoms with Crippen LogP contribution in [0.25, 0.3) is 0 Å². The maximum atomic E-state index is 13.9. The van der Waals surface area contributed by atoms with Crippen molar-refractivity contribution in [1.82, 2.24) is 0 Å². The molecule has 3 fully saturated rings. The van der Waals surface area contributed by atoms with E-state index >= 15 is 0 Å². The number of carboxylic acid groups (broad SMARTS) is 1. The molecule has 0 amide bonds. The first-order chi connectivity index (χ1) is 18.0. The quantitative estimate of drug-likeness (QED) is 0.387. The van der Waals surface area contributed by atoms with Gasteiger partial charge in [0.05, 0.1) is 11.7 Å². The monoisotopic (exact) mass is 520 g/mol. The number of aliphatic hydroxyl groups is 1. The number of carbonyl (C=O) groups excluding carboxylic acids is 1. The molecule has 0 heterocycles. The molecule has 4 heteroatoms. The number of allylic oxidation sites excluding steroid dienone is 1. The third-order valence-corrected chi connectivity index (χ3v) is 11.8. The highest BCUT2D eigenvalue weighted by Crippen LogP contribution is 2.68. The second-order valence-corrected chi connectivity index (χ2v) is 14.2. The molecule has 38 heavy (non-hydrogen) atoms. The Balaban J connectivity index is 1.47. The van der Waals surface area contributed by atoms with Crippen LogP contribution >= 0.6 is 0 Å². The summed E-state index contributed by atoms with van der Waals surface area (Å²) in [7, 11) is 0. The van der Waals surface area contributed by atoms with Gasteiger partial charge in [0.15, 0.2) is 5.78 Å². The molecule has 1 unspecified atom stereocenters. The van der Waals surface area contributed by atoms with Crippen LogP contribution < -0.4 is 0 Å². The second kappa shape index (κ2) is 10.2. The molecule has 3 saturated carbocycles. The molecule has 4 aliphatic carbocycles. The van der Waals surface area contributed by atoms with E-state index in [9.17, 15) is 19.8 Å². The van der Waals surface area contributed by atoms with Crippen molar-refractivity contribution in [1.29, 1.82) is 0 Å². The zero-order valence-electron chi connectivity index (χ0n) is 24.1. The molecule has 0 aliphatic heterocycles. The van der Waals surface area contributed by atoms with Gasteiger partial charge in [-0.1, -0.05) is 71.6 Å². The summed E-state index contributed by atoms with van der Waals surface area (Å²) in [6.45, 7) is 11.9. The number of hydrogen-bond acceptors (Lipinski definition) is 3. The summed E-state index contributed by atoms with van der Waals surface area (Å²) >= 11 is 0. The highest BCUT2D eigenvalue weighted by Gasteiger charge is 2.63. The third kappa shape index (κ3) is 4.49. The number of carbonyl (C=O) groups is 2. The number of carboxylic acids is 1. The Kier molecular flexibility index (Phi) is 7.43. The van der Waals surface area contributed by atoms with Crippen LogP contribution in [0.15, 0.2) is 35.9 Å². The van der Waals surface area contributed by atoms with E-state index in [1.165, 1.54) is 32.1 Å². The van der Waals surface area contributed by atoms with E-state index in [-0.39, 0.29) is 28.6 Å². The maximum absolute atomic E-state index is 13.9. The Morgan fingerprint density at radius 1 is 1.08 bits per heavy atom. The molecule has 0 bridgehead atoms. The minimum absolute atomic E-state index is 0.00825. The van der Waals surface area contributed by atoms with Gasteiger partial charge >= 0.3 is 5.97 Å². The van der Waals surface area contributed by atoms with Crippen LogP contribution in [-0.4, -0.2) is 28.1 Å². The molecular formula is C34H48O4. The van der Waals surface area contributed by atoms with Gasteiger partial charge in [-0.2, -0.15) is 0 Å². The molecule has 2 N–H and O–H groups in total. The van der Waals surface area contributed by atoms with Crippen LogP contribution in [0.2, 0.25) is 0 Å². The molecule has 0 saturated heterocycles. The lowest BCUT2D eigenvalue weighted by molar-refractivity contribution is -0.136. The van der Waals surface area contributed by atoms with Gasteiger partial charge in [-0.15, -0.1) is 0 Å². The van der Waals surface area contributed by atoms with E-state index in [0.717, 1.165) is 29.9 Å². The van der Waals surface area contributed by atoms with E-state index in [4.69, 9.17) is 0 Å².